The Labute approximate surface area is 196 Å². The molecule has 0 unspecified atom stereocenters. The van der Waals surface area contributed by atoms with Crippen LogP contribution >= 0.6 is 8.09 Å². The Hall–Kier alpha value is -3.04. The van der Waals surface area contributed by atoms with Crippen LogP contribution in [0.15, 0.2) is 72.8 Å². The zero-order chi connectivity index (χ0) is 23.3. The molecule has 0 spiro atoms. The number of para-hydroxylation sites is 3. The van der Waals surface area contributed by atoms with Gasteiger partial charge in [0.2, 0.25) is 0 Å². The number of amides is 1. The monoisotopic (exact) mass is 465 g/mol. The molecule has 0 bridgehead atoms. The first-order chi connectivity index (χ1) is 16.0. The van der Waals surface area contributed by atoms with Gasteiger partial charge >= 0.3 is 197 Å². The molecule has 1 fully saturated rings. The van der Waals surface area contributed by atoms with E-state index in [2.05, 4.69) is 0 Å². The third kappa shape index (κ3) is 5.31. The Bertz CT molecular complexity index is 1000. The van der Waals surface area contributed by atoms with Gasteiger partial charge in [0.25, 0.3) is 0 Å². The predicted molar refractivity (Wildman–Crippen MR) is 134 cm³/mol. The van der Waals surface area contributed by atoms with Crippen molar-refractivity contribution in [3.05, 3.63) is 89.5 Å². The molecule has 0 saturated carbocycles. The molecular weight excluding hydrogens is 433 g/mol. The van der Waals surface area contributed by atoms with Gasteiger partial charge in [-0.2, -0.15) is 0 Å². The molecule has 1 aliphatic rings. The Kier molecular flexibility index (Phi) is 7.20. The topological polar surface area (TPSA) is 48.0 Å². The molecule has 174 valence electrons. The summed E-state index contributed by atoms with van der Waals surface area (Å²) in [6.45, 7) is 6.50. The normalized spacial score (nSPS) is 15.0. The number of aryl methyl sites for hydroxylation is 3. The van der Waals surface area contributed by atoms with Crippen LogP contribution in [0.3, 0.4) is 0 Å². The minimum atomic E-state index is -3.82. The molecule has 0 N–H and O–H groups in total. The molecule has 0 radical (unpaired) electrons. The Morgan fingerprint density at radius 2 is 1.06 bits per heavy atom. The van der Waals surface area contributed by atoms with Crippen LogP contribution in [-0.4, -0.2) is 17.1 Å². The van der Waals surface area contributed by atoms with Crippen LogP contribution in [0.25, 0.3) is 0 Å². The Morgan fingerprint density at radius 3 is 1.48 bits per heavy atom. The van der Waals surface area contributed by atoms with Gasteiger partial charge in [0.15, 0.2) is 0 Å². The summed E-state index contributed by atoms with van der Waals surface area (Å²) in [4.78, 5) is 13.4. The van der Waals surface area contributed by atoms with Gasteiger partial charge in [0.05, 0.1) is 0 Å². The summed E-state index contributed by atoms with van der Waals surface area (Å²) in [5.74, 6) is 1.98. The van der Waals surface area contributed by atoms with E-state index in [-0.39, 0.29) is 5.91 Å². The number of hydrogen-bond acceptors (Lipinski definition) is 4. The van der Waals surface area contributed by atoms with Crippen molar-refractivity contribution >= 4 is 14.0 Å². The second-order valence-corrected chi connectivity index (χ2v) is 10.7. The van der Waals surface area contributed by atoms with Crippen molar-refractivity contribution < 1.29 is 18.4 Å². The molecule has 3 aromatic carbocycles. The van der Waals surface area contributed by atoms with E-state index in [9.17, 15) is 4.79 Å². The molecule has 6 heteroatoms. The Balaban J connectivity index is 1.88. The molecule has 5 nitrogen and oxygen atoms in total. The summed E-state index contributed by atoms with van der Waals surface area (Å²) < 4.78 is 21.9. The molecule has 0 atom stereocenters. The summed E-state index contributed by atoms with van der Waals surface area (Å²) in [6.07, 6.45) is 3.19. The van der Waals surface area contributed by atoms with Crippen LogP contribution in [0, 0.1) is 20.8 Å². The van der Waals surface area contributed by atoms with Gasteiger partial charge < -0.3 is 0 Å². The first-order valence-electron chi connectivity index (χ1n) is 11.5. The molecule has 1 aliphatic heterocycles. The van der Waals surface area contributed by atoms with E-state index in [1.165, 1.54) is 0 Å². The molecule has 3 aromatic rings. The summed E-state index contributed by atoms with van der Waals surface area (Å²) in [5.41, 5.74) is 2.87. The van der Waals surface area contributed by atoms with Crippen molar-refractivity contribution in [1.29, 1.82) is 0 Å². The number of nitrogens with zero attached hydrogens (tertiary/aromatic N) is 1. The fourth-order valence-electron chi connectivity index (χ4n) is 3.93. The minimum absolute atomic E-state index is 0.00918. The molecule has 1 heterocycles. The first kappa shape index (κ1) is 23.1. The van der Waals surface area contributed by atoms with Crippen molar-refractivity contribution in [2.75, 3.05) is 6.54 Å². The van der Waals surface area contributed by atoms with Crippen molar-refractivity contribution in [2.45, 2.75) is 46.5 Å². The van der Waals surface area contributed by atoms with Crippen LogP contribution in [0.1, 0.15) is 42.4 Å². The van der Waals surface area contributed by atoms with Crippen molar-refractivity contribution in [1.82, 2.24) is 4.67 Å². The van der Waals surface area contributed by atoms with Crippen LogP contribution < -0.4 is 13.6 Å². The van der Waals surface area contributed by atoms with Gasteiger partial charge in [-0.15, -0.1) is 0 Å². The predicted octanol–water partition coefficient (Wildman–Crippen LogP) is 6.96. The quantitative estimate of drug-likeness (QED) is 0.354. The van der Waals surface area contributed by atoms with Crippen LogP contribution in [-0.2, 0) is 4.79 Å². The SMILES string of the molecule is Cc1ccccc1O[PH](Oc1ccccc1C)(Oc1ccccc1C)N1CCCCCC1=O. The molecule has 0 aromatic heterocycles. The zero-order valence-electron chi connectivity index (χ0n) is 19.5. The van der Waals surface area contributed by atoms with Gasteiger partial charge in [0, 0.05) is 0 Å². The summed E-state index contributed by atoms with van der Waals surface area (Å²) in [6, 6.07) is 23.3. The van der Waals surface area contributed by atoms with E-state index in [1.807, 2.05) is 93.6 Å². The van der Waals surface area contributed by atoms with E-state index >= 15 is 0 Å². The van der Waals surface area contributed by atoms with E-state index in [4.69, 9.17) is 13.6 Å². The fraction of sp³-hybridized carbons (Fsp3) is 0.296. The fourth-order valence-corrected chi connectivity index (χ4v) is 6.76. The molecule has 1 amide bonds. The van der Waals surface area contributed by atoms with Gasteiger partial charge in [-0.3, -0.25) is 0 Å². The van der Waals surface area contributed by atoms with E-state index < -0.39 is 8.09 Å². The van der Waals surface area contributed by atoms with Crippen molar-refractivity contribution in [3.8, 4) is 17.2 Å². The van der Waals surface area contributed by atoms with E-state index in [0.29, 0.717) is 30.2 Å². The number of hydrogen-bond donors (Lipinski definition) is 0. The maximum atomic E-state index is 13.4. The summed E-state index contributed by atoms with van der Waals surface area (Å²) in [5, 5.41) is 0. The number of benzene rings is 3. The molecule has 33 heavy (non-hydrogen) atoms. The third-order valence-corrected chi connectivity index (χ3v) is 8.47. The zero-order valence-corrected chi connectivity index (χ0v) is 20.5. The van der Waals surface area contributed by atoms with E-state index in [0.717, 1.165) is 36.0 Å². The average Bonchev–Trinajstić information content (AvgIpc) is 3.03. The third-order valence-electron chi connectivity index (χ3n) is 5.90. The molecule has 0 aliphatic carbocycles. The van der Waals surface area contributed by atoms with Crippen LogP contribution in [0.4, 0.5) is 0 Å². The summed E-state index contributed by atoms with van der Waals surface area (Å²) >= 11 is 0. The molecule has 4 rings (SSSR count). The number of rotatable bonds is 7. The van der Waals surface area contributed by atoms with Crippen molar-refractivity contribution in [3.63, 3.8) is 0 Å². The van der Waals surface area contributed by atoms with Gasteiger partial charge in [-0.05, 0) is 0 Å². The van der Waals surface area contributed by atoms with Gasteiger partial charge in [0.1, 0.15) is 0 Å². The Morgan fingerprint density at radius 1 is 0.636 bits per heavy atom. The number of carbonyl (C=O) groups is 1. The number of carbonyl (C=O) groups excluding carboxylic acids is 1. The molecular formula is C27H32NO4P. The second-order valence-electron chi connectivity index (χ2n) is 8.48. The summed E-state index contributed by atoms with van der Waals surface area (Å²) in [7, 11) is -3.82. The second kappa shape index (κ2) is 10.3. The van der Waals surface area contributed by atoms with Gasteiger partial charge in [-0.25, -0.2) is 0 Å². The van der Waals surface area contributed by atoms with Crippen LogP contribution in [0.5, 0.6) is 17.2 Å². The first-order valence-corrected chi connectivity index (χ1v) is 13.2. The molecule has 1 saturated heterocycles. The van der Waals surface area contributed by atoms with Gasteiger partial charge in [-0.1, -0.05) is 0 Å². The van der Waals surface area contributed by atoms with Crippen LogP contribution in [0.2, 0.25) is 0 Å². The van der Waals surface area contributed by atoms with Crippen molar-refractivity contribution in [2.24, 2.45) is 0 Å². The maximum absolute atomic E-state index is 13.4. The van der Waals surface area contributed by atoms with E-state index in [1.54, 1.807) is 4.67 Å². The average molecular weight is 466 g/mol. The standard InChI is InChI=1S/C27H32NO4P/c1-21-13-6-9-16-24(21)30-33(28-20-12-4-5-19-27(28)29,31-25-17-10-7-14-22(25)2)32-26-18-11-8-15-23(26)3/h6-11,13-18,33H,4-5,12,19-20H2,1-3H3.